The van der Waals surface area contributed by atoms with Gasteiger partial charge in [-0.15, -0.1) is 0 Å². The van der Waals surface area contributed by atoms with Crippen molar-refractivity contribution in [2.24, 2.45) is 0 Å². The summed E-state index contributed by atoms with van der Waals surface area (Å²) in [6, 6.07) is 7.33. The van der Waals surface area contributed by atoms with E-state index in [1.54, 1.807) is 11.0 Å². The molecule has 6 nitrogen and oxygen atoms in total. The van der Waals surface area contributed by atoms with E-state index in [9.17, 15) is 4.79 Å². The lowest BCUT2D eigenvalue weighted by atomic mass is 10.3. The maximum absolute atomic E-state index is 11.8. The predicted molar refractivity (Wildman–Crippen MR) is 75.5 cm³/mol. The number of carbonyl (C=O) groups excluding carboxylic acids is 1. The molecule has 1 heterocycles. The minimum Gasteiger partial charge on any atom is -0.491 e. The average molecular weight is 274 g/mol. The number of carbonyl (C=O) groups is 1. The molecule has 0 atom stereocenters. The first-order chi connectivity index (χ1) is 9.63. The molecule has 1 amide bonds. The fourth-order valence-electron chi connectivity index (χ4n) is 1.68. The van der Waals surface area contributed by atoms with Crippen molar-refractivity contribution < 1.29 is 9.53 Å². The first-order valence-electron chi connectivity index (χ1n) is 6.52. The molecule has 1 N–H and O–H groups in total. The minimum atomic E-state index is -0.0574. The maximum Gasteiger partial charge on any atom is 0.226 e. The van der Waals surface area contributed by atoms with Crippen molar-refractivity contribution in [3.05, 3.63) is 36.9 Å². The lowest BCUT2D eigenvalue weighted by Crippen LogP contribution is -2.14. The van der Waals surface area contributed by atoms with E-state index >= 15 is 0 Å². The molecule has 0 radical (unpaired) electrons. The van der Waals surface area contributed by atoms with E-state index in [0.29, 0.717) is 13.0 Å². The van der Waals surface area contributed by atoms with Crippen LogP contribution in [0.15, 0.2) is 36.9 Å². The number of nitrogens with one attached hydrogen (secondary N) is 1. The number of ether oxygens (including phenoxy) is 1. The molecule has 6 heteroatoms. The number of aryl methyl sites for hydroxylation is 1. The Morgan fingerprint density at radius 2 is 2.10 bits per heavy atom. The van der Waals surface area contributed by atoms with Crippen molar-refractivity contribution in [2.45, 2.75) is 32.9 Å². The van der Waals surface area contributed by atoms with Gasteiger partial charge in [0.15, 0.2) is 0 Å². The van der Waals surface area contributed by atoms with Gasteiger partial charge >= 0.3 is 0 Å². The van der Waals surface area contributed by atoms with Gasteiger partial charge in [0.1, 0.15) is 18.4 Å². The van der Waals surface area contributed by atoms with E-state index in [1.165, 1.54) is 6.33 Å². The Morgan fingerprint density at radius 3 is 2.70 bits per heavy atom. The lowest BCUT2D eigenvalue weighted by molar-refractivity contribution is -0.116. The zero-order valence-corrected chi connectivity index (χ0v) is 11.6. The number of aromatic nitrogens is 3. The molecular weight excluding hydrogens is 256 g/mol. The van der Waals surface area contributed by atoms with Crippen LogP contribution in [0.4, 0.5) is 5.69 Å². The van der Waals surface area contributed by atoms with Crippen LogP contribution in [0.2, 0.25) is 0 Å². The zero-order valence-electron chi connectivity index (χ0n) is 11.6. The summed E-state index contributed by atoms with van der Waals surface area (Å²) < 4.78 is 7.16. The van der Waals surface area contributed by atoms with Gasteiger partial charge in [-0.3, -0.25) is 9.48 Å². The summed E-state index contributed by atoms with van der Waals surface area (Å²) >= 11 is 0. The summed E-state index contributed by atoms with van der Waals surface area (Å²) in [5.74, 6) is 0.735. The highest BCUT2D eigenvalue weighted by molar-refractivity contribution is 5.90. The van der Waals surface area contributed by atoms with Crippen molar-refractivity contribution in [3.63, 3.8) is 0 Å². The molecule has 0 fully saturated rings. The summed E-state index contributed by atoms with van der Waals surface area (Å²) in [7, 11) is 0. The van der Waals surface area contributed by atoms with Crippen molar-refractivity contribution in [2.75, 3.05) is 5.32 Å². The molecule has 0 aliphatic carbocycles. The quantitative estimate of drug-likeness (QED) is 0.875. The fourth-order valence-corrected chi connectivity index (χ4v) is 1.68. The molecule has 1 aromatic heterocycles. The highest BCUT2D eigenvalue weighted by Gasteiger charge is 2.04. The third-order valence-corrected chi connectivity index (χ3v) is 2.54. The van der Waals surface area contributed by atoms with E-state index in [4.69, 9.17) is 4.74 Å². The minimum absolute atomic E-state index is 0.0574. The number of anilines is 1. The van der Waals surface area contributed by atoms with Crippen LogP contribution in [0.5, 0.6) is 5.75 Å². The second-order valence-corrected chi connectivity index (χ2v) is 4.65. The van der Waals surface area contributed by atoms with Gasteiger partial charge in [0.2, 0.25) is 5.91 Å². The van der Waals surface area contributed by atoms with Crippen molar-refractivity contribution in [1.82, 2.24) is 14.8 Å². The Labute approximate surface area is 117 Å². The second-order valence-electron chi connectivity index (χ2n) is 4.65. The highest BCUT2D eigenvalue weighted by atomic mass is 16.5. The van der Waals surface area contributed by atoms with Crippen LogP contribution in [-0.2, 0) is 11.3 Å². The van der Waals surface area contributed by atoms with Crippen molar-refractivity contribution in [3.8, 4) is 5.75 Å². The third-order valence-electron chi connectivity index (χ3n) is 2.54. The van der Waals surface area contributed by atoms with Crippen LogP contribution in [0.3, 0.4) is 0 Å². The van der Waals surface area contributed by atoms with Crippen LogP contribution < -0.4 is 10.1 Å². The molecular formula is C14H18N4O2. The Bertz CT molecular complexity index is 535. The first kappa shape index (κ1) is 14.0. The van der Waals surface area contributed by atoms with Crippen LogP contribution in [0.1, 0.15) is 20.3 Å². The standard InChI is InChI=1S/C14H18N4O2/c1-11(2)20-13-5-3-12(4-6-13)17-14(19)7-8-18-10-15-9-16-18/h3-6,9-11H,7-8H2,1-2H3,(H,17,19). The Morgan fingerprint density at radius 1 is 1.35 bits per heavy atom. The molecule has 0 aliphatic rings. The largest absolute Gasteiger partial charge is 0.491 e. The summed E-state index contributed by atoms with van der Waals surface area (Å²) in [6.07, 6.45) is 3.53. The van der Waals surface area contributed by atoms with Crippen LogP contribution in [0, 0.1) is 0 Å². The smallest absolute Gasteiger partial charge is 0.226 e. The van der Waals surface area contributed by atoms with E-state index in [1.807, 2.05) is 38.1 Å². The maximum atomic E-state index is 11.8. The van der Waals surface area contributed by atoms with Gasteiger partial charge in [-0.1, -0.05) is 0 Å². The first-order valence-corrected chi connectivity index (χ1v) is 6.52. The predicted octanol–water partition coefficient (Wildman–Crippen LogP) is 2.09. The zero-order chi connectivity index (χ0) is 14.4. The second kappa shape index (κ2) is 6.70. The summed E-state index contributed by atoms with van der Waals surface area (Å²) in [6.45, 7) is 4.46. The van der Waals surface area contributed by atoms with Gasteiger partial charge in [-0.2, -0.15) is 5.10 Å². The summed E-state index contributed by atoms with van der Waals surface area (Å²) in [5.41, 5.74) is 0.754. The molecule has 0 unspecified atom stereocenters. The molecule has 0 bridgehead atoms. The molecule has 20 heavy (non-hydrogen) atoms. The Kier molecular flexibility index (Phi) is 4.70. The van der Waals surface area contributed by atoms with Gasteiger partial charge in [-0.05, 0) is 38.1 Å². The third kappa shape index (κ3) is 4.38. The normalized spacial score (nSPS) is 10.6. The molecule has 106 valence electrons. The van der Waals surface area contributed by atoms with Gasteiger partial charge in [0.05, 0.1) is 12.6 Å². The van der Waals surface area contributed by atoms with Crippen molar-refractivity contribution >= 4 is 11.6 Å². The van der Waals surface area contributed by atoms with Gasteiger partial charge < -0.3 is 10.1 Å². The fraction of sp³-hybridized carbons (Fsp3) is 0.357. The number of nitrogens with zero attached hydrogens (tertiary/aromatic N) is 3. The number of hydrogen-bond donors (Lipinski definition) is 1. The lowest BCUT2D eigenvalue weighted by Gasteiger charge is -2.10. The molecule has 0 saturated heterocycles. The summed E-state index contributed by atoms with van der Waals surface area (Å²) in [4.78, 5) is 15.6. The Balaban J connectivity index is 1.81. The molecule has 2 aromatic rings. The molecule has 0 aliphatic heterocycles. The van der Waals surface area contributed by atoms with Gasteiger partial charge in [0, 0.05) is 12.1 Å². The number of hydrogen-bond acceptors (Lipinski definition) is 4. The Hall–Kier alpha value is -2.37. The van der Waals surface area contributed by atoms with Gasteiger partial charge in [-0.25, -0.2) is 4.98 Å². The number of benzene rings is 1. The monoisotopic (exact) mass is 274 g/mol. The highest BCUT2D eigenvalue weighted by Crippen LogP contribution is 2.17. The van der Waals surface area contributed by atoms with Crippen molar-refractivity contribution in [1.29, 1.82) is 0 Å². The SMILES string of the molecule is CC(C)Oc1ccc(NC(=O)CCn2cncn2)cc1. The van der Waals surface area contributed by atoms with Gasteiger partial charge in [0.25, 0.3) is 0 Å². The number of amides is 1. The summed E-state index contributed by atoms with van der Waals surface area (Å²) in [5, 5.41) is 6.77. The molecule has 2 rings (SSSR count). The topological polar surface area (TPSA) is 69.0 Å². The molecule has 0 spiro atoms. The average Bonchev–Trinajstić information content (AvgIpc) is 2.91. The van der Waals surface area contributed by atoms with E-state index in [2.05, 4.69) is 15.4 Å². The van der Waals surface area contributed by atoms with Crippen LogP contribution in [-0.4, -0.2) is 26.8 Å². The van der Waals surface area contributed by atoms with E-state index in [0.717, 1.165) is 11.4 Å². The van der Waals surface area contributed by atoms with Crippen LogP contribution >= 0.6 is 0 Å². The molecule has 0 saturated carbocycles. The van der Waals surface area contributed by atoms with E-state index in [-0.39, 0.29) is 12.0 Å². The van der Waals surface area contributed by atoms with E-state index < -0.39 is 0 Å². The number of rotatable bonds is 6. The molecule has 1 aromatic carbocycles. The van der Waals surface area contributed by atoms with Crippen LogP contribution in [0.25, 0.3) is 0 Å².